The Bertz CT molecular complexity index is 507. The minimum absolute atomic E-state index is 1.03. The van der Waals surface area contributed by atoms with E-state index in [1.807, 2.05) is 7.05 Å². The van der Waals surface area contributed by atoms with Crippen molar-refractivity contribution in [2.45, 2.75) is 19.4 Å². The van der Waals surface area contributed by atoms with Crippen molar-refractivity contribution in [1.29, 1.82) is 0 Å². The van der Waals surface area contributed by atoms with E-state index in [9.17, 15) is 0 Å². The summed E-state index contributed by atoms with van der Waals surface area (Å²) >= 11 is 0. The first-order valence-corrected chi connectivity index (χ1v) is 7.10. The molecule has 0 amide bonds. The van der Waals surface area contributed by atoms with E-state index in [-0.39, 0.29) is 0 Å². The Hall–Kier alpha value is -1.38. The van der Waals surface area contributed by atoms with Gasteiger partial charge in [-0.25, -0.2) is 0 Å². The smallest absolute Gasteiger partial charge is 0.0230 e. The first kappa shape index (κ1) is 14.0. The van der Waals surface area contributed by atoms with Gasteiger partial charge in [-0.15, -0.1) is 0 Å². The molecule has 0 saturated carbocycles. The van der Waals surface area contributed by atoms with Gasteiger partial charge in [-0.1, -0.05) is 36.4 Å². The number of nitrogens with one attached hydrogen (secondary N) is 1. The molecule has 0 aromatic heterocycles. The molecule has 0 bridgehead atoms. The van der Waals surface area contributed by atoms with Crippen LogP contribution in [0, 0.1) is 0 Å². The summed E-state index contributed by atoms with van der Waals surface area (Å²) in [6, 6.07) is 15.3. The van der Waals surface area contributed by atoms with Gasteiger partial charge in [0.05, 0.1) is 0 Å². The molecule has 0 spiro atoms. The topological polar surface area (TPSA) is 15.3 Å². The molecule has 2 aromatic carbocycles. The van der Waals surface area contributed by atoms with Crippen LogP contribution in [0.2, 0.25) is 0 Å². The van der Waals surface area contributed by atoms with Crippen LogP contribution >= 0.6 is 0 Å². The van der Waals surface area contributed by atoms with Crippen LogP contribution in [-0.4, -0.2) is 32.1 Å². The third-order valence-corrected chi connectivity index (χ3v) is 3.48. The maximum Gasteiger partial charge on any atom is 0.0230 e. The molecule has 0 aliphatic rings. The van der Waals surface area contributed by atoms with Gasteiger partial charge in [-0.3, -0.25) is 0 Å². The summed E-state index contributed by atoms with van der Waals surface area (Å²) in [6.45, 7) is 3.31. The van der Waals surface area contributed by atoms with Gasteiger partial charge < -0.3 is 10.2 Å². The minimum atomic E-state index is 1.03. The second kappa shape index (κ2) is 7.27. The standard InChI is InChI=1S/C17H24N2/c1-18-11-5-6-12-19(2)14-15-9-10-16-7-3-4-8-17(16)13-15/h3-4,7-10,13,18H,5-6,11-12,14H2,1-2H3. The molecule has 0 aliphatic carbocycles. The third-order valence-electron chi connectivity index (χ3n) is 3.48. The van der Waals surface area contributed by atoms with Crippen LogP contribution in [0.25, 0.3) is 10.8 Å². The second-order valence-electron chi connectivity index (χ2n) is 5.23. The number of fused-ring (bicyclic) bond motifs is 1. The Morgan fingerprint density at radius 3 is 2.58 bits per heavy atom. The summed E-state index contributed by atoms with van der Waals surface area (Å²) in [4.78, 5) is 2.40. The lowest BCUT2D eigenvalue weighted by atomic mass is 10.1. The largest absolute Gasteiger partial charge is 0.320 e. The summed E-state index contributed by atoms with van der Waals surface area (Å²) in [5, 5.41) is 5.85. The summed E-state index contributed by atoms with van der Waals surface area (Å²) in [6.07, 6.45) is 2.50. The highest BCUT2D eigenvalue weighted by Gasteiger charge is 2.01. The van der Waals surface area contributed by atoms with E-state index >= 15 is 0 Å². The van der Waals surface area contributed by atoms with Crippen LogP contribution in [0.4, 0.5) is 0 Å². The van der Waals surface area contributed by atoms with Gasteiger partial charge in [0.15, 0.2) is 0 Å². The van der Waals surface area contributed by atoms with Crippen molar-refractivity contribution in [2.24, 2.45) is 0 Å². The fraction of sp³-hybridized carbons (Fsp3) is 0.412. The molecular formula is C17H24N2. The lowest BCUT2D eigenvalue weighted by Gasteiger charge is -2.17. The van der Waals surface area contributed by atoms with Crippen molar-refractivity contribution in [3.63, 3.8) is 0 Å². The van der Waals surface area contributed by atoms with E-state index in [4.69, 9.17) is 0 Å². The maximum atomic E-state index is 3.19. The Morgan fingerprint density at radius 1 is 1.00 bits per heavy atom. The zero-order chi connectivity index (χ0) is 13.5. The zero-order valence-electron chi connectivity index (χ0n) is 12.0. The molecule has 0 unspecified atom stereocenters. The van der Waals surface area contributed by atoms with Crippen LogP contribution in [0.1, 0.15) is 18.4 Å². The number of hydrogen-bond acceptors (Lipinski definition) is 2. The van der Waals surface area contributed by atoms with E-state index in [0.717, 1.165) is 19.6 Å². The summed E-state index contributed by atoms with van der Waals surface area (Å²) in [5.41, 5.74) is 1.40. The average molecular weight is 256 g/mol. The number of hydrogen-bond donors (Lipinski definition) is 1. The van der Waals surface area contributed by atoms with Gasteiger partial charge in [-0.05, 0) is 62.4 Å². The van der Waals surface area contributed by atoms with Crippen molar-refractivity contribution in [3.8, 4) is 0 Å². The molecule has 2 rings (SSSR count). The van der Waals surface area contributed by atoms with E-state index in [0.29, 0.717) is 0 Å². The van der Waals surface area contributed by atoms with E-state index in [2.05, 4.69) is 59.7 Å². The van der Waals surface area contributed by atoms with Gasteiger partial charge in [0, 0.05) is 6.54 Å². The summed E-state index contributed by atoms with van der Waals surface area (Å²) < 4.78 is 0. The Balaban J connectivity index is 1.89. The first-order valence-electron chi connectivity index (χ1n) is 7.10. The van der Waals surface area contributed by atoms with Gasteiger partial charge in [0.25, 0.3) is 0 Å². The summed E-state index contributed by atoms with van der Waals surface area (Å²) in [7, 11) is 4.22. The highest BCUT2D eigenvalue weighted by atomic mass is 15.1. The molecule has 0 heterocycles. The molecule has 2 nitrogen and oxygen atoms in total. The predicted molar refractivity (Wildman–Crippen MR) is 83.4 cm³/mol. The molecule has 102 valence electrons. The first-order chi connectivity index (χ1) is 9.29. The highest BCUT2D eigenvalue weighted by Crippen LogP contribution is 2.16. The fourth-order valence-corrected chi connectivity index (χ4v) is 2.41. The fourth-order valence-electron chi connectivity index (χ4n) is 2.41. The molecule has 1 N–H and O–H groups in total. The molecule has 0 radical (unpaired) electrons. The van der Waals surface area contributed by atoms with Gasteiger partial charge in [-0.2, -0.15) is 0 Å². The van der Waals surface area contributed by atoms with Crippen molar-refractivity contribution in [3.05, 3.63) is 48.0 Å². The quantitative estimate of drug-likeness (QED) is 0.765. The van der Waals surface area contributed by atoms with Crippen molar-refractivity contribution in [1.82, 2.24) is 10.2 Å². The average Bonchev–Trinajstić information content (AvgIpc) is 2.43. The molecule has 0 fully saturated rings. The highest BCUT2D eigenvalue weighted by molar-refractivity contribution is 5.82. The Labute approximate surface area is 116 Å². The monoisotopic (exact) mass is 256 g/mol. The third kappa shape index (κ3) is 4.34. The molecule has 0 aliphatic heterocycles. The van der Waals surface area contributed by atoms with E-state index in [1.54, 1.807) is 0 Å². The van der Waals surface area contributed by atoms with Crippen LogP contribution < -0.4 is 5.32 Å². The Morgan fingerprint density at radius 2 is 1.79 bits per heavy atom. The molecule has 2 aromatic rings. The summed E-state index contributed by atoms with van der Waals surface area (Å²) in [5.74, 6) is 0. The molecule has 0 saturated heterocycles. The predicted octanol–water partition coefficient (Wildman–Crippen LogP) is 3.27. The lowest BCUT2D eigenvalue weighted by Crippen LogP contribution is -2.20. The SMILES string of the molecule is CNCCCCN(C)Cc1ccc2ccccc2c1. The van der Waals surface area contributed by atoms with Crippen LogP contribution in [-0.2, 0) is 6.54 Å². The van der Waals surface area contributed by atoms with Gasteiger partial charge in [0.1, 0.15) is 0 Å². The number of benzene rings is 2. The molecule has 19 heavy (non-hydrogen) atoms. The van der Waals surface area contributed by atoms with Crippen molar-refractivity contribution in [2.75, 3.05) is 27.2 Å². The lowest BCUT2D eigenvalue weighted by molar-refractivity contribution is 0.318. The maximum absolute atomic E-state index is 3.19. The van der Waals surface area contributed by atoms with Crippen molar-refractivity contribution < 1.29 is 0 Å². The van der Waals surface area contributed by atoms with Crippen LogP contribution in [0.5, 0.6) is 0 Å². The number of nitrogens with zero attached hydrogens (tertiary/aromatic N) is 1. The Kier molecular flexibility index (Phi) is 5.37. The van der Waals surface area contributed by atoms with E-state index in [1.165, 1.54) is 29.2 Å². The molecule has 0 atom stereocenters. The number of unbranched alkanes of at least 4 members (excludes halogenated alkanes) is 1. The second-order valence-corrected chi connectivity index (χ2v) is 5.23. The number of rotatable bonds is 7. The molecular weight excluding hydrogens is 232 g/mol. The normalized spacial score (nSPS) is 11.3. The minimum Gasteiger partial charge on any atom is -0.320 e. The van der Waals surface area contributed by atoms with Gasteiger partial charge in [0.2, 0.25) is 0 Å². The molecule has 2 heteroatoms. The van der Waals surface area contributed by atoms with Gasteiger partial charge >= 0.3 is 0 Å². The van der Waals surface area contributed by atoms with Crippen molar-refractivity contribution >= 4 is 10.8 Å². The van der Waals surface area contributed by atoms with E-state index < -0.39 is 0 Å². The van der Waals surface area contributed by atoms with Crippen LogP contribution in [0.3, 0.4) is 0 Å². The zero-order valence-corrected chi connectivity index (χ0v) is 12.0. The van der Waals surface area contributed by atoms with Crippen LogP contribution in [0.15, 0.2) is 42.5 Å².